The van der Waals surface area contributed by atoms with Gasteiger partial charge in [0.2, 0.25) is 0 Å². The average Bonchev–Trinajstić information content (AvgIpc) is 2.39. The van der Waals surface area contributed by atoms with E-state index in [0.717, 1.165) is 15.7 Å². The SMILES string of the molecule is Cc1cc(NC(C)c2ccc(Cl)c(Cl)c2)cc(C)c1Br. The Labute approximate surface area is 138 Å². The average molecular weight is 373 g/mol. The molecule has 0 amide bonds. The first-order valence-electron chi connectivity index (χ1n) is 6.36. The zero-order valence-corrected chi connectivity index (χ0v) is 14.7. The molecule has 1 nitrogen and oxygen atoms in total. The number of hydrogen-bond acceptors (Lipinski definition) is 1. The van der Waals surface area contributed by atoms with Crippen LogP contribution in [-0.2, 0) is 0 Å². The van der Waals surface area contributed by atoms with E-state index in [4.69, 9.17) is 23.2 Å². The Morgan fingerprint density at radius 3 is 2.15 bits per heavy atom. The van der Waals surface area contributed by atoms with Crippen LogP contribution in [0.1, 0.15) is 29.7 Å². The Morgan fingerprint density at radius 2 is 1.60 bits per heavy atom. The van der Waals surface area contributed by atoms with Gasteiger partial charge in [-0.25, -0.2) is 0 Å². The maximum Gasteiger partial charge on any atom is 0.0595 e. The van der Waals surface area contributed by atoms with Crippen LogP contribution in [0.15, 0.2) is 34.8 Å². The summed E-state index contributed by atoms with van der Waals surface area (Å²) < 4.78 is 1.16. The lowest BCUT2D eigenvalue weighted by molar-refractivity contribution is 0.884. The largest absolute Gasteiger partial charge is 0.379 e. The quantitative estimate of drug-likeness (QED) is 0.644. The van der Waals surface area contributed by atoms with Crippen molar-refractivity contribution in [2.24, 2.45) is 0 Å². The van der Waals surface area contributed by atoms with Gasteiger partial charge in [-0.3, -0.25) is 0 Å². The van der Waals surface area contributed by atoms with Gasteiger partial charge in [-0.15, -0.1) is 0 Å². The molecular formula is C16H16BrCl2N. The van der Waals surface area contributed by atoms with Gasteiger partial charge in [0.05, 0.1) is 10.0 Å². The summed E-state index contributed by atoms with van der Waals surface area (Å²) in [5, 5.41) is 4.66. The van der Waals surface area contributed by atoms with E-state index in [-0.39, 0.29) is 6.04 Å². The number of aryl methyl sites for hydroxylation is 2. The van der Waals surface area contributed by atoms with E-state index in [0.29, 0.717) is 10.0 Å². The van der Waals surface area contributed by atoms with Gasteiger partial charge in [0.25, 0.3) is 0 Å². The molecule has 0 saturated heterocycles. The van der Waals surface area contributed by atoms with E-state index in [1.54, 1.807) is 0 Å². The molecule has 0 spiro atoms. The molecule has 0 fully saturated rings. The third-order valence-electron chi connectivity index (χ3n) is 3.26. The van der Waals surface area contributed by atoms with E-state index < -0.39 is 0 Å². The molecule has 4 heteroatoms. The van der Waals surface area contributed by atoms with Crippen molar-refractivity contribution in [2.45, 2.75) is 26.8 Å². The molecular weight excluding hydrogens is 357 g/mol. The molecule has 20 heavy (non-hydrogen) atoms. The number of hydrogen-bond donors (Lipinski definition) is 1. The summed E-state index contributed by atoms with van der Waals surface area (Å²) in [6.45, 7) is 6.28. The zero-order chi connectivity index (χ0) is 14.9. The highest BCUT2D eigenvalue weighted by Gasteiger charge is 2.09. The minimum Gasteiger partial charge on any atom is -0.379 e. The van der Waals surface area contributed by atoms with Crippen molar-refractivity contribution in [1.82, 2.24) is 0 Å². The lowest BCUT2D eigenvalue weighted by Crippen LogP contribution is -2.07. The molecule has 106 valence electrons. The van der Waals surface area contributed by atoms with Crippen molar-refractivity contribution < 1.29 is 0 Å². The first kappa shape index (κ1) is 15.7. The highest BCUT2D eigenvalue weighted by molar-refractivity contribution is 9.10. The van der Waals surface area contributed by atoms with Crippen LogP contribution in [-0.4, -0.2) is 0 Å². The number of halogens is 3. The van der Waals surface area contributed by atoms with E-state index in [1.807, 2.05) is 18.2 Å². The molecule has 0 aliphatic rings. The Bertz CT molecular complexity index is 617. The molecule has 2 aromatic rings. The summed E-state index contributed by atoms with van der Waals surface area (Å²) in [6.07, 6.45) is 0. The van der Waals surface area contributed by atoms with Crippen LogP contribution in [0.4, 0.5) is 5.69 Å². The molecule has 1 unspecified atom stereocenters. The third-order valence-corrected chi connectivity index (χ3v) is 5.25. The number of nitrogens with one attached hydrogen (secondary N) is 1. The first-order valence-corrected chi connectivity index (χ1v) is 7.91. The highest BCUT2D eigenvalue weighted by Crippen LogP contribution is 2.29. The lowest BCUT2D eigenvalue weighted by atomic mass is 10.1. The van der Waals surface area contributed by atoms with Crippen LogP contribution in [0, 0.1) is 13.8 Å². The summed E-state index contributed by atoms with van der Waals surface area (Å²) in [6, 6.07) is 10.1. The van der Waals surface area contributed by atoms with E-state index >= 15 is 0 Å². The minimum atomic E-state index is 0.157. The lowest BCUT2D eigenvalue weighted by Gasteiger charge is -2.18. The van der Waals surface area contributed by atoms with Crippen LogP contribution in [0.25, 0.3) is 0 Å². The molecule has 0 radical (unpaired) electrons. The van der Waals surface area contributed by atoms with Crippen molar-refractivity contribution in [2.75, 3.05) is 5.32 Å². The Balaban J connectivity index is 2.23. The van der Waals surface area contributed by atoms with Crippen molar-refractivity contribution in [3.63, 3.8) is 0 Å². The minimum absolute atomic E-state index is 0.157. The molecule has 0 bridgehead atoms. The molecule has 2 aromatic carbocycles. The number of anilines is 1. The van der Waals surface area contributed by atoms with Crippen LogP contribution in [0.2, 0.25) is 10.0 Å². The molecule has 1 atom stereocenters. The van der Waals surface area contributed by atoms with Gasteiger partial charge in [0, 0.05) is 16.2 Å². The Kier molecular flexibility index (Phi) is 5.00. The fourth-order valence-electron chi connectivity index (χ4n) is 2.14. The van der Waals surface area contributed by atoms with Crippen LogP contribution >= 0.6 is 39.1 Å². The monoisotopic (exact) mass is 371 g/mol. The van der Waals surface area contributed by atoms with E-state index in [9.17, 15) is 0 Å². The van der Waals surface area contributed by atoms with Gasteiger partial charge in [0.1, 0.15) is 0 Å². The number of rotatable bonds is 3. The molecule has 0 aliphatic heterocycles. The first-order chi connectivity index (χ1) is 9.38. The maximum absolute atomic E-state index is 6.07. The molecule has 0 aromatic heterocycles. The number of benzene rings is 2. The normalized spacial score (nSPS) is 12.3. The van der Waals surface area contributed by atoms with Crippen molar-refractivity contribution in [1.29, 1.82) is 0 Å². The van der Waals surface area contributed by atoms with Crippen molar-refractivity contribution in [3.8, 4) is 0 Å². The van der Waals surface area contributed by atoms with Gasteiger partial charge in [0.15, 0.2) is 0 Å². The topological polar surface area (TPSA) is 12.0 Å². The molecule has 2 rings (SSSR count). The second kappa shape index (κ2) is 6.38. The van der Waals surface area contributed by atoms with Gasteiger partial charge >= 0.3 is 0 Å². The van der Waals surface area contributed by atoms with Gasteiger partial charge in [-0.05, 0) is 61.7 Å². The Morgan fingerprint density at radius 1 is 1.00 bits per heavy atom. The fraction of sp³-hybridized carbons (Fsp3) is 0.250. The van der Waals surface area contributed by atoms with E-state index in [2.05, 4.69) is 54.2 Å². The molecule has 0 aliphatic carbocycles. The zero-order valence-electron chi connectivity index (χ0n) is 11.6. The van der Waals surface area contributed by atoms with Gasteiger partial charge in [-0.1, -0.05) is 45.2 Å². The van der Waals surface area contributed by atoms with Crippen molar-refractivity contribution in [3.05, 3.63) is 61.5 Å². The summed E-state index contributed by atoms with van der Waals surface area (Å²) >= 11 is 15.6. The fourth-order valence-corrected chi connectivity index (χ4v) is 2.68. The summed E-state index contributed by atoms with van der Waals surface area (Å²) in [4.78, 5) is 0. The second-order valence-corrected chi connectivity index (χ2v) is 6.57. The predicted molar refractivity (Wildman–Crippen MR) is 92.1 cm³/mol. The smallest absolute Gasteiger partial charge is 0.0595 e. The maximum atomic E-state index is 6.07. The van der Waals surface area contributed by atoms with Crippen molar-refractivity contribution >= 4 is 44.8 Å². The molecule has 0 heterocycles. The van der Waals surface area contributed by atoms with Gasteiger partial charge in [-0.2, -0.15) is 0 Å². The molecule has 0 saturated carbocycles. The van der Waals surface area contributed by atoms with Gasteiger partial charge < -0.3 is 5.32 Å². The predicted octanol–water partition coefficient (Wildman–Crippen LogP) is 6.55. The summed E-state index contributed by atoms with van der Waals surface area (Å²) in [7, 11) is 0. The van der Waals surface area contributed by atoms with E-state index in [1.165, 1.54) is 11.1 Å². The van der Waals surface area contributed by atoms with Crippen LogP contribution in [0.5, 0.6) is 0 Å². The summed E-state index contributed by atoms with van der Waals surface area (Å²) in [5.74, 6) is 0. The third kappa shape index (κ3) is 3.49. The second-order valence-electron chi connectivity index (χ2n) is 4.96. The van der Waals surface area contributed by atoms with Crippen LogP contribution in [0.3, 0.4) is 0 Å². The summed E-state index contributed by atoms with van der Waals surface area (Å²) in [5.41, 5.74) is 4.64. The van der Waals surface area contributed by atoms with Crippen LogP contribution < -0.4 is 5.32 Å². The Hall–Kier alpha value is -0.700. The highest BCUT2D eigenvalue weighted by atomic mass is 79.9. The standard InChI is InChI=1S/C16H16BrCl2N/c1-9-6-13(7-10(2)16(9)17)20-11(3)12-4-5-14(18)15(19)8-12/h4-8,11,20H,1-3H3. The molecule has 1 N–H and O–H groups in total.